The zero-order valence-corrected chi connectivity index (χ0v) is 19.4. The quantitative estimate of drug-likeness (QED) is 0.661. The Labute approximate surface area is 193 Å². The lowest BCUT2D eigenvalue weighted by Crippen LogP contribution is -2.48. The molecule has 6 rings (SSSR count). The Morgan fingerprint density at radius 3 is 2.85 bits per heavy atom. The second-order valence-corrected chi connectivity index (χ2v) is 10.6. The van der Waals surface area contributed by atoms with Crippen molar-refractivity contribution < 1.29 is 9.21 Å². The highest BCUT2D eigenvalue weighted by Crippen LogP contribution is 2.43. The maximum Gasteiger partial charge on any atom is 0.230 e. The van der Waals surface area contributed by atoms with E-state index in [9.17, 15) is 4.79 Å². The summed E-state index contributed by atoms with van der Waals surface area (Å²) in [6, 6.07) is 1.89. The van der Waals surface area contributed by atoms with Gasteiger partial charge in [-0.1, -0.05) is 19.9 Å². The molecule has 0 aromatic carbocycles. The van der Waals surface area contributed by atoms with Crippen LogP contribution in [0.2, 0.25) is 0 Å². The molecule has 1 amide bonds. The Bertz CT molecular complexity index is 1150. The maximum absolute atomic E-state index is 12.3. The highest BCUT2D eigenvalue weighted by atomic mass is 16.3. The third-order valence-corrected chi connectivity index (χ3v) is 8.20. The first-order valence-corrected chi connectivity index (χ1v) is 12.1. The van der Waals surface area contributed by atoms with Crippen molar-refractivity contribution >= 4 is 28.8 Å². The lowest BCUT2D eigenvalue weighted by Gasteiger charge is -2.44. The molecule has 5 heterocycles. The number of carbonyl (C=O) groups is 1. The summed E-state index contributed by atoms with van der Waals surface area (Å²) in [4.78, 5) is 24.3. The molecule has 4 aliphatic rings. The van der Waals surface area contributed by atoms with Crippen LogP contribution in [0, 0.1) is 16.7 Å². The number of furan rings is 1. The number of aromatic nitrogens is 2. The molecule has 3 N–H and O–H groups in total. The van der Waals surface area contributed by atoms with E-state index in [4.69, 9.17) is 9.40 Å². The van der Waals surface area contributed by atoms with Crippen LogP contribution in [0.3, 0.4) is 0 Å². The van der Waals surface area contributed by atoms with Crippen molar-refractivity contribution in [3.63, 3.8) is 0 Å². The van der Waals surface area contributed by atoms with E-state index in [1.54, 1.807) is 6.26 Å². The number of rotatable bonds is 3. The summed E-state index contributed by atoms with van der Waals surface area (Å²) in [6.07, 6.45) is 11.6. The van der Waals surface area contributed by atoms with E-state index in [0.717, 1.165) is 60.9 Å². The average Bonchev–Trinajstić information content (AvgIpc) is 3.36. The van der Waals surface area contributed by atoms with E-state index in [0.29, 0.717) is 11.4 Å². The molecule has 3 saturated heterocycles. The summed E-state index contributed by atoms with van der Waals surface area (Å²) in [5.74, 6) is 1.70. The number of amides is 1. The number of piperidine rings is 2. The number of allylic oxidation sites excluding steroid dienone is 3. The van der Waals surface area contributed by atoms with Gasteiger partial charge in [0.2, 0.25) is 11.9 Å². The summed E-state index contributed by atoms with van der Waals surface area (Å²) in [7, 11) is 0. The number of hydrogen-bond donors (Lipinski definition) is 3. The molecule has 33 heavy (non-hydrogen) atoms. The minimum Gasteiger partial charge on any atom is -0.459 e. The van der Waals surface area contributed by atoms with E-state index in [2.05, 4.69) is 31.9 Å². The third-order valence-electron chi connectivity index (χ3n) is 8.20. The molecule has 1 unspecified atom stereocenters. The summed E-state index contributed by atoms with van der Waals surface area (Å²) < 4.78 is 5.79. The predicted octanol–water partition coefficient (Wildman–Crippen LogP) is 3.55. The number of fused-ring (bicyclic) bond motifs is 2. The normalized spacial score (nSPS) is 26.1. The summed E-state index contributed by atoms with van der Waals surface area (Å²) in [6.45, 7) is 8.24. The minimum absolute atomic E-state index is 0.0859. The lowest BCUT2D eigenvalue weighted by molar-refractivity contribution is -0.127. The van der Waals surface area contributed by atoms with Crippen molar-refractivity contribution in [2.24, 2.45) is 16.7 Å². The molecule has 0 bridgehead atoms. The number of nitrogens with one attached hydrogen (secondary N) is 3. The van der Waals surface area contributed by atoms with Crippen LogP contribution in [-0.2, 0) is 4.79 Å². The first-order valence-electron chi connectivity index (χ1n) is 12.1. The molecule has 1 atom stereocenters. The molecule has 1 aliphatic carbocycles. The van der Waals surface area contributed by atoms with E-state index in [-0.39, 0.29) is 17.2 Å². The Balaban J connectivity index is 1.24. The van der Waals surface area contributed by atoms with Crippen LogP contribution in [0.4, 0.5) is 11.8 Å². The van der Waals surface area contributed by atoms with Crippen LogP contribution < -0.4 is 20.9 Å². The Morgan fingerprint density at radius 2 is 2.06 bits per heavy atom. The number of carbonyl (C=O) groups excluding carboxylic acids is 1. The Morgan fingerprint density at radius 1 is 1.21 bits per heavy atom. The van der Waals surface area contributed by atoms with Gasteiger partial charge in [0.25, 0.3) is 0 Å². The first-order chi connectivity index (χ1) is 15.9. The first kappa shape index (κ1) is 20.7. The zero-order chi connectivity index (χ0) is 22.6. The lowest BCUT2D eigenvalue weighted by atomic mass is 9.73. The Hall–Kier alpha value is -2.87. The van der Waals surface area contributed by atoms with E-state index < -0.39 is 0 Å². The van der Waals surface area contributed by atoms with Crippen molar-refractivity contribution in [1.29, 1.82) is 0 Å². The molecule has 2 aromatic heterocycles. The van der Waals surface area contributed by atoms with Gasteiger partial charge in [-0.3, -0.25) is 4.79 Å². The molecule has 3 aliphatic heterocycles. The molecule has 0 saturated carbocycles. The van der Waals surface area contributed by atoms with Gasteiger partial charge in [0.1, 0.15) is 5.52 Å². The fourth-order valence-electron chi connectivity index (χ4n) is 5.94. The van der Waals surface area contributed by atoms with Gasteiger partial charge in [0.05, 0.1) is 11.7 Å². The van der Waals surface area contributed by atoms with Crippen LogP contribution in [-0.4, -0.2) is 42.1 Å². The standard InChI is InChI=1S/C25H32N6O2/c1-24(2)17-5-4-16(14-19(17)28-22(24)32)27-23-29-18-6-13-33-20(18)21(30-23)31-11-8-25(9-12-31)7-3-10-26-15-25/h4,6,13-14,17,26H,3,5,7-12,15H2,1-2H3,(H,28,32)(H,27,29,30). The van der Waals surface area contributed by atoms with Crippen LogP contribution in [0.15, 0.2) is 40.3 Å². The summed E-state index contributed by atoms with van der Waals surface area (Å²) in [5, 5.41) is 10.0. The van der Waals surface area contributed by atoms with Crippen molar-refractivity contribution in [1.82, 2.24) is 20.6 Å². The zero-order valence-electron chi connectivity index (χ0n) is 19.4. The average molecular weight is 449 g/mol. The Kier molecular flexibility index (Phi) is 4.76. The van der Waals surface area contributed by atoms with Crippen molar-refractivity contribution in [3.05, 3.63) is 35.9 Å². The summed E-state index contributed by atoms with van der Waals surface area (Å²) in [5.41, 5.74) is 3.49. The molecule has 3 fully saturated rings. The highest BCUT2D eigenvalue weighted by Gasteiger charge is 2.46. The molecule has 1 spiro atoms. The van der Waals surface area contributed by atoms with Gasteiger partial charge in [-0.2, -0.15) is 4.98 Å². The number of hydrogen-bond acceptors (Lipinski definition) is 7. The highest BCUT2D eigenvalue weighted by molar-refractivity contribution is 5.88. The SMILES string of the molecule is CC1(C)C(=O)NC2=CC(Nc3nc(N4CCC5(CCCNC5)CC4)c4occc4n3)=CCC21. The van der Waals surface area contributed by atoms with E-state index >= 15 is 0 Å². The monoisotopic (exact) mass is 448 g/mol. The molecular weight excluding hydrogens is 416 g/mol. The van der Waals surface area contributed by atoms with Gasteiger partial charge in [-0.05, 0) is 50.1 Å². The van der Waals surface area contributed by atoms with Gasteiger partial charge >= 0.3 is 0 Å². The van der Waals surface area contributed by atoms with Gasteiger partial charge in [-0.15, -0.1) is 0 Å². The number of nitrogens with zero attached hydrogens (tertiary/aromatic N) is 3. The fourth-order valence-corrected chi connectivity index (χ4v) is 5.94. The van der Waals surface area contributed by atoms with Crippen LogP contribution >= 0.6 is 0 Å². The smallest absolute Gasteiger partial charge is 0.230 e. The second kappa shape index (κ2) is 7.58. The largest absolute Gasteiger partial charge is 0.459 e. The topological polar surface area (TPSA) is 95.3 Å². The summed E-state index contributed by atoms with van der Waals surface area (Å²) >= 11 is 0. The fraction of sp³-hybridized carbons (Fsp3) is 0.560. The van der Waals surface area contributed by atoms with Crippen LogP contribution in [0.25, 0.3) is 11.1 Å². The van der Waals surface area contributed by atoms with Crippen LogP contribution in [0.1, 0.15) is 46.0 Å². The van der Waals surface area contributed by atoms with E-state index in [1.165, 1.54) is 25.7 Å². The maximum atomic E-state index is 12.3. The van der Waals surface area contributed by atoms with Crippen molar-refractivity contribution in [3.8, 4) is 0 Å². The molecular formula is C25H32N6O2. The predicted molar refractivity (Wildman–Crippen MR) is 128 cm³/mol. The molecule has 2 aromatic rings. The minimum atomic E-state index is -0.382. The van der Waals surface area contributed by atoms with Gasteiger partial charge in [0.15, 0.2) is 11.4 Å². The van der Waals surface area contributed by atoms with Gasteiger partial charge in [-0.25, -0.2) is 4.98 Å². The second-order valence-electron chi connectivity index (χ2n) is 10.6. The molecule has 8 heteroatoms. The van der Waals surface area contributed by atoms with E-state index in [1.807, 2.05) is 26.0 Å². The third kappa shape index (κ3) is 3.51. The molecule has 174 valence electrons. The molecule has 8 nitrogen and oxygen atoms in total. The van der Waals surface area contributed by atoms with Crippen molar-refractivity contribution in [2.75, 3.05) is 36.4 Å². The number of anilines is 2. The molecule has 0 radical (unpaired) electrons. The van der Waals surface area contributed by atoms with Crippen molar-refractivity contribution in [2.45, 2.75) is 46.0 Å². The van der Waals surface area contributed by atoms with Gasteiger partial charge in [0, 0.05) is 43.0 Å². The van der Waals surface area contributed by atoms with Gasteiger partial charge < -0.3 is 25.3 Å². The van der Waals surface area contributed by atoms with Crippen LogP contribution in [0.5, 0.6) is 0 Å².